The maximum atomic E-state index is 12.5. The van der Waals surface area contributed by atoms with Gasteiger partial charge in [-0.25, -0.2) is 4.98 Å². The summed E-state index contributed by atoms with van der Waals surface area (Å²) in [6.07, 6.45) is 2.92. The van der Waals surface area contributed by atoms with Crippen LogP contribution >= 0.6 is 15.9 Å². The molecule has 2 aromatic rings. The van der Waals surface area contributed by atoms with Gasteiger partial charge in [0.1, 0.15) is 11.9 Å². The summed E-state index contributed by atoms with van der Waals surface area (Å²) in [7, 11) is 1.65. The molecular weight excluding hydrogens is 384 g/mol. The fraction of sp³-hybridized carbons (Fsp3) is 0.368. The maximum absolute atomic E-state index is 12.5. The zero-order valence-corrected chi connectivity index (χ0v) is 16.0. The highest BCUT2D eigenvalue weighted by Crippen LogP contribution is 2.21. The number of aryl methyl sites for hydroxylation is 1. The van der Waals surface area contributed by atoms with Crippen molar-refractivity contribution in [3.63, 3.8) is 0 Å². The lowest BCUT2D eigenvalue weighted by molar-refractivity contribution is -0.129. The van der Waals surface area contributed by atoms with E-state index in [0.29, 0.717) is 18.8 Å². The molecule has 1 atom stereocenters. The first-order valence-corrected chi connectivity index (χ1v) is 9.04. The second-order valence-electron chi connectivity index (χ2n) is 6.16. The standard InChI is InChI=1S/C19H21BrN2O3/c1-13-9-14(3-5-17(13)24-2)10-19(23)22-8-7-16(12-22)25-18-6-4-15(20)11-21-18/h3-6,9,11,16H,7-8,10,12H2,1-2H3. The third-order valence-electron chi connectivity index (χ3n) is 4.30. The molecular formula is C19H21BrN2O3. The molecule has 0 radical (unpaired) electrons. The largest absolute Gasteiger partial charge is 0.496 e. The van der Waals surface area contributed by atoms with Gasteiger partial charge in [-0.2, -0.15) is 0 Å². The van der Waals surface area contributed by atoms with Crippen LogP contribution in [-0.2, 0) is 11.2 Å². The molecule has 1 fully saturated rings. The Kier molecular flexibility index (Phi) is 5.58. The molecule has 0 bridgehead atoms. The predicted octanol–water partition coefficient (Wildman–Crippen LogP) is 3.38. The molecule has 1 amide bonds. The Labute approximate surface area is 156 Å². The molecule has 1 aliphatic rings. The van der Waals surface area contributed by atoms with Gasteiger partial charge in [0.05, 0.1) is 20.1 Å². The number of pyridine rings is 1. The van der Waals surface area contributed by atoms with Crippen LogP contribution in [0.5, 0.6) is 11.6 Å². The van der Waals surface area contributed by atoms with Gasteiger partial charge in [0.25, 0.3) is 0 Å². The summed E-state index contributed by atoms with van der Waals surface area (Å²) in [5.41, 5.74) is 2.04. The van der Waals surface area contributed by atoms with Gasteiger partial charge in [-0.05, 0) is 46.1 Å². The van der Waals surface area contributed by atoms with Gasteiger partial charge >= 0.3 is 0 Å². The number of amides is 1. The van der Waals surface area contributed by atoms with Gasteiger partial charge in [0.2, 0.25) is 11.8 Å². The Balaban J connectivity index is 1.55. The highest BCUT2D eigenvalue weighted by Gasteiger charge is 2.27. The molecule has 1 aromatic carbocycles. The van der Waals surface area contributed by atoms with Crippen molar-refractivity contribution in [2.24, 2.45) is 0 Å². The smallest absolute Gasteiger partial charge is 0.227 e. The minimum atomic E-state index is -0.00442. The van der Waals surface area contributed by atoms with E-state index < -0.39 is 0 Å². The molecule has 1 aromatic heterocycles. The highest BCUT2D eigenvalue weighted by molar-refractivity contribution is 9.10. The molecule has 132 valence electrons. The van der Waals surface area contributed by atoms with Gasteiger partial charge in [-0.3, -0.25) is 4.79 Å². The molecule has 0 spiro atoms. The summed E-state index contributed by atoms with van der Waals surface area (Å²) in [6.45, 7) is 3.30. The number of carbonyl (C=O) groups is 1. The van der Waals surface area contributed by atoms with Crippen molar-refractivity contribution in [1.29, 1.82) is 0 Å². The summed E-state index contributed by atoms with van der Waals surface area (Å²) >= 11 is 3.35. The average Bonchev–Trinajstić information content (AvgIpc) is 3.06. The van der Waals surface area contributed by atoms with Crippen molar-refractivity contribution < 1.29 is 14.3 Å². The first-order valence-electron chi connectivity index (χ1n) is 8.24. The Morgan fingerprint density at radius 2 is 2.20 bits per heavy atom. The normalized spacial score (nSPS) is 16.8. The number of aromatic nitrogens is 1. The number of nitrogens with zero attached hydrogens (tertiary/aromatic N) is 2. The molecule has 5 nitrogen and oxygen atoms in total. The van der Waals surface area contributed by atoms with Gasteiger partial charge < -0.3 is 14.4 Å². The molecule has 1 saturated heterocycles. The lowest BCUT2D eigenvalue weighted by atomic mass is 10.1. The molecule has 1 aliphatic heterocycles. The summed E-state index contributed by atoms with van der Waals surface area (Å²) in [5, 5.41) is 0. The number of carbonyl (C=O) groups excluding carboxylic acids is 1. The first kappa shape index (κ1) is 17.7. The number of benzene rings is 1. The summed E-state index contributed by atoms with van der Waals surface area (Å²) < 4.78 is 12.0. The maximum Gasteiger partial charge on any atom is 0.227 e. The van der Waals surface area contributed by atoms with Gasteiger partial charge in [-0.15, -0.1) is 0 Å². The SMILES string of the molecule is COc1ccc(CC(=O)N2CCC(Oc3ccc(Br)cn3)C2)cc1C. The van der Waals surface area contributed by atoms with E-state index in [4.69, 9.17) is 9.47 Å². The summed E-state index contributed by atoms with van der Waals surface area (Å²) in [4.78, 5) is 18.6. The minimum Gasteiger partial charge on any atom is -0.496 e. The fourth-order valence-electron chi connectivity index (χ4n) is 2.99. The molecule has 25 heavy (non-hydrogen) atoms. The summed E-state index contributed by atoms with van der Waals surface area (Å²) in [5.74, 6) is 1.56. The lowest BCUT2D eigenvalue weighted by Gasteiger charge is -2.17. The minimum absolute atomic E-state index is 0.00442. The first-order chi connectivity index (χ1) is 12.0. The number of hydrogen-bond acceptors (Lipinski definition) is 4. The van der Waals surface area contributed by atoms with Crippen LogP contribution in [-0.4, -0.2) is 42.1 Å². The molecule has 0 N–H and O–H groups in total. The number of halogens is 1. The number of methoxy groups -OCH3 is 1. The van der Waals surface area contributed by atoms with Crippen molar-refractivity contribution in [3.05, 3.63) is 52.1 Å². The number of ether oxygens (including phenoxy) is 2. The van der Waals surface area contributed by atoms with E-state index in [-0.39, 0.29) is 12.0 Å². The Morgan fingerprint density at radius 3 is 2.88 bits per heavy atom. The van der Waals surface area contributed by atoms with E-state index in [0.717, 1.165) is 34.3 Å². The van der Waals surface area contributed by atoms with Crippen LogP contribution in [0, 0.1) is 6.92 Å². The van der Waals surface area contributed by atoms with E-state index >= 15 is 0 Å². The van der Waals surface area contributed by atoms with Crippen LogP contribution in [0.4, 0.5) is 0 Å². The van der Waals surface area contributed by atoms with Crippen molar-refractivity contribution in [2.75, 3.05) is 20.2 Å². The fourth-order valence-corrected chi connectivity index (χ4v) is 3.23. The topological polar surface area (TPSA) is 51.7 Å². The quantitative estimate of drug-likeness (QED) is 0.766. The second kappa shape index (κ2) is 7.87. The van der Waals surface area contributed by atoms with E-state index in [1.807, 2.05) is 42.2 Å². The predicted molar refractivity (Wildman–Crippen MR) is 99.0 cm³/mol. The highest BCUT2D eigenvalue weighted by atomic mass is 79.9. The Hall–Kier alpha value is -2.08. The zero-order valence-electron chi connectivity index (χ0n) is 14.4. The van der Waals surface area contributed by atoms with E-state index in [9.17, 15) is 4.79 Å². The molecule has 0 saturated carbocycles. The van der Waals surface area contributed by atoms with Crippen molar-refractivity contribution >= 4 is 21.8 Å². The second-order valence-corrected chi connectivity index (χ2v) is 7.08. The number of rotatable bonds is 5. The lowest BCUT2D eigenvalue weighted by Crippen LogP contribution is -2.32. The molecule has 0 aliphatic carbocycles. The van der Waals surface area contributed by atoms with Crippen molar-refractivity contribution in [2.45, 2.75) is 25.9 Å². The summed E-state index contributed by atoms with van der Waals surface area (Å²) in [6, 6.07) is 9.58. The Bertz CT molecular complexity index is 749. The van der Waals surface area contributed by atoms with E-state index in [2.05, 4.69) is 20.9 Å². The van der Waals surface area contributed by atoms with Gasteiger partial charge in [-0.1, -0.05) is 12.1 Å². The van der Waals surface area contributed by atoms with Crippen molar-refractivity contribution in [3.8, 4) is 11.6 Å². The van der Waals surface area contributed by atoms with Crippen LogP contribution in [0.15, 0.2) is 41.0 Å². The number of hydrogen-bond donors (Lipinski definition) is 0. The molecule has 1 unspecified atom stereocenters. The van der Waals surface area contributed by atoms with Crippen LogP contribution in [0.25, 0.3) is 0 Å². The van der Waals surface area contributed by atoms with Crippen molar-refractivity contribution in [1.82, 2.24) is 9.88 Å². The third-order valence-corrected chi connectivity index (χ3v) is 4.77. The molecule has 6 heteroatoms. The van der Waals surface area contributed by atoms with Gasteiger partial charge in [0, 0.05) is 29.7 Å². The van der Waals surface area contributed by atoms with E-state index in [1.54, 1.807) is 13.3 Å². The van der Waals surface area contributed by atoms with Crippen LogP contribution in [0.2, 0.25) is 0 Å². The average molecular weight is 405 g/mol. The molecule has 2 heterocycles. The van der Waals surface area contributed by atoms with E-state index in [1.165, 1.54) is 0 Å². The monoisotopic (exact) mass is 404 g/mol. The number of likely N-dealkylation sites (tertiary alicyclic amines) is 1. The van der Waals surface area contributed by atoms with Crippen LogP contribution in [0.1, 0.15) is 17.5 Å². The van der Waals surface area contributed by atoms with Gasteiger partial charge in [0.15, 0.2) is 0 Å². The van der Waals surface area contributed by atoms with Crippen LogP contribution < -0.4 is 9.47 Å². The Morgan fingerprint density at radius 1 is 1.36 bits per heavy atom. The van der Waals surface area contributed by atoms with Crippen LogP contribution in [0.3, 0.4) is 0 Å². The third kappa shape index (κ3) is 4.51. The zero-order chi connectivity index (χ0) is 17.8. The molecule has 3 rings (SSSR count).